The summed E-state index contributed by atoms with van der Waals surface area (Å²) in [6.45, 7) is 11.2. The molecule has 0 saturated heterocycles. The van der Waals surface area contributed by atoms with Gasteiger partial charge in [-0.3, -0.25) is 14.7 Å². The van der Waals surface area contributed by atoms with E-state index >= 15 is 0 Å². The van der Waals surface area contributed by atoms with Gasteiger partial charge in [-0.25, -0.2) is 9.78 Å². The van der Waals surface area contributed by atoms with Crippen LogP contribution in [0.25, 0.3) is 11.2 Å². The SMILES string of the molecule is CC(C)c1cnn2c(N(Cc3cccc(NC(=O)/C=C/CN(C)C)c3)C(=O)OC(C)(C)C)cc(C3=CCN=CC3)nc12. The smallest absolute Gasteiger partial charge is 0.416 e. The number of carbonyl (C=O) groups excluding carboxylic acids is 2. The van der Waals surface area contributed by atoms with Crippen molar-refractivity contribution in [1.29, 1.82) is 0 Å². The van der Waals surface area contributed by atoms with Crippen molar-refractivity contribution in [2.75, 3.05) is 37.4 Å². The Morgan fingerprint density at radius 2 is 1.98 bits per heavy atom. The van der Waals surface area contributed by atoms with E-state index in [-0.39, 0.29) is 18.4 Å². The van der Waals surface area contributed by atoms with E-state index in [0.29, 0.717) is 36.7 Å². The van der Waals surface area contributed by atoms with E-state index in [9.17, 15) is 9.59 Å². The standard InChI is InChI=1S/C32H41N7O3/c1-22(2)26-20-34-39-29(19-27(36-30(26)39)24-13-15-33-16-14-24)38(31(41)42-32(3,4)5)21-23-10-8-11-25(18-23)35-28(40)12-9-17-37(6)7/h8-13,16,18-20,22H,14-15,17,21H2,1-7H3,(H,35,40)/b12-9+. The number of carbonyl (C=O) groups is 2. The summed E-state index contributed by atoms with van der Waals surface area (Å²) in [6.07, 6.45) is 9.23. The highest BCUT2D eigenvalue weighted by molar-refractivity contribution is 5.99. The van der Waals surface area contributed by atoms with Gasteiger partial charge < -0.3 is 15.0 Å². The largest absolute Gasteiger partial charge is 0.443 e. The van der Waals surface area contributed by atoms with Crippen molar-refractivity contribution in [1.82, 2.24) is 19.5 Å². The van der Waals surface area contributed by atoms with Crippen LogP contribution in [0.3, 0.4) is 0 Å². The first-order valence-corrected chi connectivity index (χ1v) is 14.2. The van der Waals surface area contributed by atoms with Crippen molar-refractivity contribution < 1.29 is 14.3 Å². The van der Waals surface area contributed by atoms with E-state index in [2.05, 4.69) is 35.3 Å². The maximum Gasteiger partial charge on any atom is 0.416 e. The molecular formula is C32H41N7O3. The summed E-state index contributed by atoms with van der Waals surface area (Å²) in [4.78, 5) is 39.1. The van der Waals surface area contributed by atoms with Gasteiger partial charge in [0.1, 0.15) is 11.4 Å². The molecule has 2 amide bonds. The number of amides is 2. The Balaban J connectivity index is 1.76. The zero-order chi connectivity index (χ0) is 30.4. The van der Waals surface area contributed by atoms with Gasteiger partial charge in [0.05, 0.1) is 25.0 Å². The van der Waals surface area contributed by atoms with Crippen molar-refractivity contribution in [2.24, 2.45) is 4.99 Å². The van der Waals surface area contributed by atoms with E-state index in [0.717, 1.165) is 22.4 Å². The molecule has 222 valence electrons. The molecule has 1 N–H and O–H groups in total. The summed E-state index contributed by atoms with van der Waals surface area (Å²) in [5.41, 5.74) is 4.21. The lowest BCUT2D eigenvalue weighted by Gasteiger charge is -2.28. The van der Waals surface area contributed by atoms with Crippen LogP contribution in [-0.2, 0) is 16.1 Å². The quantitative estimate of drug-likeness (QED) is 0.330. The first-order chi connectivity index (χ1) is 19.9. The topological polar surface area (TPSA) is 104 Å². The van der Waals surface area contributed by atoms with Crippen LogP contribution in [0.15, 0.2) is 59.7 Å². The highest BCUT2D eigenvalue weighted by atomic mass is 16.6. The maximum atomic E-state index is 13.8. The summed E-state index contributed by atoms with van der Waals surface area (Å²) in [7, 11) is 3.88. The van der Waals surface area contributed by atoms with Gasteiger partial charge in [-0.1, -0.05) is 38.1 Å². The Labute approximate surface area is 247 Å². The van der Waals surface area contributed by atoms with Crippen LogP contribution in [0.2, 0.25) is 0 Å². The molecule has 1 aliphatic rings. The van der Waals surface area contributed by atoms with Crippen LogP contribution in [0.5, 0.6) is 0 Å². The Morgan fingerprint density at radius 3 is 2.64 bits per heavy atom. The third kappa shape index (κ3) is 7.91. The van der Waals surface area contributed by atoms with Crippen molar-refractivity contribution in [3.05, 3.63) is 71.6 Å². The van der Waals surface area contributed by atoms with Crippen LogP contribution >= 0.6 is 0 Å². The van der Waals surface area contributed by atoms with Crippen LogP contribution in [0.4, 0.5) is 16.3 Å². The number of hydrogen-bond donors (Lipinski definition) is 1. The van der Waals surface area contributed by atoms with Gasteiger partial charge >= 0.3 is 6.09 Å². The normalized spacial score (nSPS) is 13.7. The van der Waals surface area contributed by atoms with Gasteiger partial charge in [-0.05, 0) is 64.1 Å². The number of dihydropyridines is 1. The molecule has 0 fully saturated rings. The van der Waals surface area contributed by atoms with Crippen LogP contribution in [-0.4, -0.2) is 70.5 Å². The Hall–Kier alpha value is -4.31. The molecule has 3 aromatic rings. The molecule has 42 heavy (non-hydrogen) atoms. The highest BCUT2D eigenvalue weighted by Gasteiger charge is 2.28. The molecule has 3 heterocycles. The van der Waals surface area contributed by atoms with Gasteiger partial charge in [-0.2, -0.15) is 9.61 Å². The highest BCUT2D eigenvalue weighted by Crippen LogP contribution is 2.30. The second kappa shape index (κ2) is 13.1. The van der Waals surface area contributed by atoms with E-state index in [1.54, 1.807) is 15.5 Å². The molecule has 0 saturated carbocycles. The van der Waals surface area contributed by atoms with Crippen LogP contribution < -0.4 is 10.2 Å². The van der Waals surface area contributed by atoms with Crippen LogP contribution in [0.1, 0.15) is 63.8 Å². The number of aromatic nitrogens is 3. The number of aliphatic imine (C=N–C) groups is 1. The first kappa shape index (κ1) is 30.6. The van der Waals surface area contributed by atoms with E-state index in [1.165, 1.54) is 6.08 Å². The lowest BCUT2D eigenvalue weighted by atomic mass is 10.1. The molecule has 0 spiro atoms. The molecule has 1 aromatic carbocycles. The minimum atomic E-state index is -0.714. The molecular weight excluding hydrogens is 530 g/mol. The lowest BCUT2D eigenvalue weighted by Crippen LogP contribution is -2.37. The monoisotopic (exact) mass is 571 g/mol. The number of hydrogen-bond acceptors (Lipinski definition) is 7. The Bertz CT molecular complexity index is 1530. The lowest BCUT2D eigenvalue weighted by molar-refractivity contribution is -0.111. The number of ether oxygens (including phenoxy) is 1. The molecule has 0 aliphatic carbocycles. The van der Waals surface area contributed by atoms with Crippen molar-refractivity contribution in [2.45, 2.75) is 59.1 Å². The number of nitrogens with zero attached hydrogens (tertiary/aromatic N) is 6. The van der Waals surface area contributed by atoms with Gasteiger partial charge in [0, 0.05) is 42.6 Å². The fourth-order valence-corrected chi connectivity index (χ4v) is 4.46. The molecule has 10 nitrogen and oxygen atoms in total. The van der Waals surface area contributed by atoms with E-state index in [1.807, 2.05) is 82.5 Å². The molecule has 1 aliphatic heterocycles. The second-order valence-electron chi connectivity index (χ2n) is 11.9. The predicted octanol–water partition coefficient (Wildman–Crippen LogP) is 5.71. The second-order valence-corrected chi connectivity index (χ2v) is 11.9. The zero-order valence-electron chi connectivity index (χ0n) is 25.6. The van der Waals surface area contributed by atoms with Crippen molar-refractivity contribution in [3.8, 4) is 0 Å². The van der Waals surface area contributed by atoms with Gasteiger partial charge in [-0.15, -0.1) is 0 Å². The number of benzene rings is 1. The number of allylic oxidation sites excluding steroid dienone is 1. The first-order valence-electron chi connectivity index (χ1n) is 14.2. The van der Waals surface area contributed by atoms with Crippen LogP contribution in [0, 0.1) is 0 Å². The summed E-state index contributed by atoms with van der Waals surface area (Å²) in [5.74, 6) is 0.503. The average Bonchev–Trinajstić information content (AvgIpc) is 3.35. The van der Waals surface area contributed by atoms with E-state index in [4.69, 9.17) is 9.72 Å². The molecule has 0 unspecified atom stereocenters. The number of anilines is 2. The number of fused-ring (bicyclic) bond motifs is 1. The molecule has 2 aromatic heterocycles. The molecule has 10 heteroatoms. The maximum absolute atomic E-state index is 13.8. The Morgan fingerprint density at radius 1 is 1.19 bits per heavy atom. The predicted molar refractivity (Wildman–Crippen MR) is 168 cm³/mol. The fourth-order valence-electron chi connectivity index (χ4n) is 4.46. The van der Waals surface area contributed by atoms with Gasteiger partial charge in [0.15, 0.2) is 5.65 Å². The number of nitrogens with one attached hydrogen (secondary N) is 1. The molecule has 0 bridgehead atoms. The van der Waals surface area contributed by atoms with Crippen molar-refractivity contribution >= 4 is 40.9 Å². The molecule has 0 atom stereocenters. The Kier molecular flexibility index (Phi) is 9.57. The minimum Gasteiger partial charge on any atom is -0.443 e. The van der Waals surface area contributed by atoms with Gasteiger partial charge in [0.25, 0.3) is 0 Å². The summed E-state index contributed by atoms with van der Waals surface area (Å²) < 4.78 is 7.59. The van der Waals surface area contributed by atoms with Crippen molar-refractivity contribution in [3.63, 3.8) is 0 Å². The van der Waals surface area contributed by atoms with E-state index < -0.39 is 11.7 Å². The number of rotatable bonds is 9. The minimum absolute atomic E-state index is 0.182. The molecule has 0 radical (unpaired) electrons. The number of likely N-dealkylation sites (N-methyl/N-ethyl adjacent to an activating group) is 1. The third-order valence-electron chi connectivity index (χ3n) is 6.48. The summed E-state index contributed by atoms with van der Waals surface area (Å²) in [6, 6.07) is 9.34. The zero-order valence-corrected chi connectivity index (χ0v) is 25.6. The third-order valence-corrected chi connectivity index (χ3v) is 6.48. The summed E-state index contributed by atoms with van der Waals surface area (Å²) >= 11 is 0. The average molecular weight is 572 g/mol. The molecule has 4 rings (SSSR count). The fraction of sp³-hybridized carbons (Fsp3) is 0.406. The van der Waals surface area contributed by atoms with Gasteiger partial charge in [0.2, 0.25) is 5.91 Å². The summed E-state index contributed by atoms with van der Waals surface area (Å²) in [5, 5.41) is 7.56.